The van der Waals surface area contributed by atoms with Gasteiger partial charge in [0.15, 0.2) is 0 Å². The number of aryl methyl sites for hydroxylation is 1. The van der Waals surface area contributed by atoms with Crippen molar-refractivity contribution in [3.63, 3.8) is 0 Å². The topological polar surface area (TPSA) is 12.0 Å². The van der Waals surface area contributed by atoms with Crippen LogP contribution < -0.4 is 5.32 Å². The van der Waals surface area contributed by atoms with E-state index in [-0.39, 0.29) is 5.82 Å². The van der Waals surface area contributed by atoms with Crippen molar-refractivity contribution in [2.45, 2.75) is 40.2 Å². The standard InChI is InChI=1S/C13H20FN/c1-5-10(3)11(4)15-13-7-6-9(2)8-12(13)14/h6-8,10-11,15H,5H2,1-4H3. The molecule has 0 aliphatic carbocycles. The number of anilines is 1. The van der Waals surface area contributed by atoms with Crippen LogP contribution in [0.15, 0.2) is 18.2 Å². The molecule has 0 aliphatic rings. The van der Waals surface area contributed by atoms with Gasteiger partial charge in [-0.1, -0.05) is 26.3 Å². The number of benzene rings is 1. The molecule has 0 aliphatic heterocycles. The van der Waals surface area contributed by atoms with Crippen molar-refractivity contribution in [3.8, 4) is 0 Å². The molecule has 2 atom stereocenters. The molecule has 1 aromatic carbocycles. The van der Waals surface area contributed by atoms with E-state index in [1.807, 2.05) is 19.1 Å². The summed E-state index contributed by atoms with van der Waals surface area (Å²) in [7, 11) is 0. The van der Waals surface area contributed by atoms with Crippen LogP contribution in [-0.2, 0) is 0 Å². The van der Waals surface area contributed by atoms with Gasteiger partial charge >= 0.3 is 0 Å². The summed E-state index contributed by atoms with van der Waals surface area (Å²) in [4.78, 5) is 0. The molecule has 2 heteroatoms. The molecule has 0 heterocycles. The van der Waals surface area contributed by atoms with Gasteiger partial charge in [-0.3, -0.25) is 0 Å². The Morgan fingerprint density at radius 2 is 2.00 bits per heavy atom. The second-order valence-corrected chi connectivity index (χ2v) is 4.30. The maximum Gasteiger partial charge on any atom is 0.146 e. The Bertz CT molecular complexity index is 322. The Morgan fingerprint density at radius 1 is 1.33 bits per heavy atom. The summed E-state index contributed by atoms with van der Waals surface area (Å²) in [5.74, 6) is 0.385. The Labute approximate surface area is 91.7 Å². The number of rotatable bonds is 4. The molecular formula is C13H20FN. The van der Waals surface area contributed by atoms with Gasteiger partial charge in [0.05, 0.1) is 5.69 Å². The first-order valence-corrected chi connectivity index (χ1v) is 5.57. The van der Waals surface area contributed by atoms with E-state index in [1.54, 1.807) is 6.07 Å². The van der Waals surface area contributed by atoms with Crippen LogP contribution in [0.2, 0.25) is 0 Å². The van der Waals surface area contributed by atoms with Crippen molar-refractivity contribution in [3.05, 3.63) is 29.6 Å². The van der Waals surface area contributed by atoms with Crippen molar-refractivity contribution >= 4 is 5.69 Å². The maximum atomic E-state index is 13.5. The zero-order valence-corrected chi connectivity index (χ0v) is 9.97. The van der Waals surface area contributed by atoms with Gasteiger partial charge < -0.3 is 5.32 Å². The Balaban J connectivity index is 2.72. The molecule has 0 amide bonds. The normalized spacial score (nSPS) is 14.7. The third-order valence-electron chi connectivity index (χ3n) is 3.01. The fraction of sp³-hybridized carbons (Fsp3) is 0.538. The Hall–Kier alpha value is -1.05. The van der Waals surface area contributed by atoms with Crippen molar-refractivity contribution in [2.75, 3.05) is 5.32 Å². The van der Waals surface area contributed by atoms with Crippen LogP contribution in [0, 0.1) is 18.7 Å². The second-order valence-electron chi connectivity index (χ2n) is 4.30. The van der Waals surface area contributed by atoms with E-state index in [9.17, 15) is 4.39 Å². The van der Waals surface area contributed by atoms with Crippen LogP contribution in [0.25, 0.3) is 0 Å². The largest absolute Gasteiger partial charge is 0.380 e. The Morgan fingerprint density at radius 3 is 2.53 bits per heavy atom. The van der Waals surface area contributed by atoms with Crippen LogP contribution in [0.3, 0.4) is 0 Å². The van der Waals surface area contributed by atoms with E-state index in [4.69, 9.17) is 0 Å². The molecule has 0 spiro atoms. The number of hydrogen-bond donors (Lipinski definition) is 1. The van der Waals surface area contributed by atoms with Crippen LogP contribution in [0.1, 0.15) is 32.8 Å². The quantitative estimate of drug-likeness (QED) is 0.791. The van der Waals surface area contributed by atoms with Gasteiger partial charge in [-0.05, 0) is 37.5 Å². The summed E-state index contributed by atoms with van der Waals surface area (Å²) in [6.45, 7) is 8.30. The van der Waals surface area contributed by atoms with E-state index in [0.717, 1.165) is 12.0 Å². The van der Waals surface area contributed by atoms with E-state index >= 15 is 0 Å². The number of halogens is 1. The smallest absolute Gasteiger partial charge is 0.146 e. The lowest BCUT2D eigenvalue weighted by molar-refractivity contribution is 0.491. The minimum Gasteiger partial charge on any atom is -0.380 e. The van der Waals surface area contributed by atoms with Crippen LogP contribution in [0.5, 0.6) is 0 Å². The molecule has 1 aromatic rings. The van der Waals surface area contributed by atoms with Gasteiger partial charge in [0.2, 0.25) is 0 Å². The third kappa shape index (κ3) is 3.22. The fourth-order valence-electron chi connectivity index (χ4n) is 1.48. The van der Waals surface area contributed by atoms with Crippen molar-refractivity contribution in [1.29, 1.82) is 0 Å². The molecule has 15 heavy (non-hydrogen) atoms. The molecule has 2 unspecified atom stereocenters. The van der Waals surface area contributed by atoms with E-state index in [1.165, 1.54) is 0 Å². The predicted molar refractivity (Wildman–Crippen MR) is 63.7 cm³/mol. The highest BCUT2D eigenvalue weighted by atomic mass is 19.1. The zero-order valence-electron chi connectivity index (χ0n) is 9.97. The highest BCUT2D eigenvalue weighted by Crippen LogP contribution is 2.19. The second kappa shape index (κ2) is 5.15. The molecule has 0 aromatic heterocycles. The first-order valence-electron chi connectivity index (χ1n) is 5.57. The van der Waals surface area contributed by atoms with Crippen LogP contribution in [0.4, 0.5) is 10.1 Å². The molecular weight excluding hydrogens is 189 g/mol. The molecule has 0 saturated heterocycles. The lowest BCUT2D eigenvalue weighted by Gasteiger charge is -2.21. The molecule has 0 fully saturated rings. The Kier molecular flexibility index (Phi) is 4.13. The molecule has 1 rings (SSSR count). The van der Waals surface area contributed by atoms with Gasteiger partial charge in [-0.25, -0.2) is 4.39 Å². The minimum absolute atomic E-state index is 0.162. The monoisotopic (exact) mass is 209 g/mol. The third-order valence-corrected chi connectivity index (χ3v) is 3.01. The predicted octanol–water partition coefficient (Wildman–Crippen LogP) is 3.98. The average Bonchev–Trinajstić information content (AvgIpc) is 2.20. The molecule has 0 bridgehead atoms. The fourth-order valence-corrected chi connectivity index (χ4v) is 1.48. The minimum atomic E-state index is -0.162. The van der Waals surface area contributed by atoms with E-state index in [2.05, 4.69) is 26.1 Å². The van der Waals surface area contributed by atoms with Crippen molar-refractivity contribution in [1.82, 2.24) is 0 Å². The highest BCUT2D eigenvalue weighted by Gasteiger charge is 2.11. The lowest BCUT2D eigenvalue weighted by atomic mass is 10.0. The molecule has 0 radical (unpaired) electrons. The van der Waals surface area contributed by atoms with Gasteiger partial charge in [0.25, 0.3) is 0 Å². The van der Waals surface area contributed by atoms with Gasteiger partial charge in [0.1, 0.15) is 5.82 Å². The van der Waals surface area contributed by atoms with Gasteiger partial charge in [-0.2, -0.15) is 0 Å². The molecule has 1 nitrogen and oxygen atoms in total. The number of nitrogens with one attached hydrogen (secondary N) is 1. The summed E-state index contributed by atoms with van der Waals surface area (Å²) < 4.78 is 13.5. The lowest BCUT2D eigenvalue weighted by Crippen LogP contribution is -2.23. The summed E-state index contributed by atoms with van der Waals surface area (Å²) >= 11 is 0. The average molecular weight is 209 g/mol. The summed E-state index contributed by atoms with van der Waals surface area (Å²) in [5.41, 5.74) is 1.56. The summed E-state index contributed by atoms with van der Waals surface area (Å²) in [6.07, 6.45) is 1.10. The van der Waals surface area contributed by atoms with Gasteiger partial charge in [-0.15, -0.1) is 0 Å². The SMILES string of the molecule is CCC(C)C(C)Nc1ccc(C)cc1F. The molecule has 0 saturated carbocycles. The van der Waals surface area contributed by atoms with E-state index < -0.39 is 0 Å². The molecule has 84 valence electrons. The first-order chi connectivity index (χ1) is 7.04. The molecule has 1 N–H and O–H groups in total. The summed E-state index contributed by atoms with van der Waals surface area (Å²) in [5, 5.41) is 3.21. The van der Waals surface area contributed by atoms with Gasteiger partial charge in [0, 0.05) is 6.04 Å². The van der Waals surface area contributed by atoms with Crippen LogP contribution >= 0.6 is 0 Å². The van der Waals surface area contributed by atoms with Crippen LogP contribution in [-0.4, -0.2) is 6.04 Å². The zero-order chi connectivity index (χ0) is 11.4. The van der Waals surface area contributed by atoms with E-state index in [0.29, 0.717) is 17.6 Å². The highest BCUT2D eigenvalue weighted by molar-refractivity contribution is 5.46. The number of hydrogen-bond acceptors (Lipinski definition) is 1. The maximum absolute atomic E-state index is 13.5. The first kappa shape index (κ1) is 12.0. The van der Waals surface area contributed by atoms with Crippen molar-refractivity contribution < 1.29 is 4.39 Å². The summed E-state index contributed by atoms with van der Waals surface area (Å²) in [6, 6.07) is 5.59. The van der Waals surface area contributed by atoms with Crippen molar-refractivity contribution in [2.24, 2.45) is 5.92 Å².